The van der Waals surface area contributed by atoms with Crippen molar-refractivity contribution >= 4 is 56.1 Å². The molecular weight excluding hydrogens is 498 g/mol. The first-order chi connectivity index (χ1) is 15.0. The van der Waals surface area contributed by atoms with Crippen LogP contribution in [0.5, 0.6) is 0 Å². The van der Waals surface area contributed by atoms with E-state index in [0.29, 0.717) is 16.2 Å². The summed E-state index contributed by atoms with van der Waals surface area (Å²) < 4.78 is 8.52. The molecule has 0 unspecified atom stereocenters. The Kier molecular flexibility index (Phi) is 6.85. The van der Waals surface area contributed by atoms with Gasteiger partial charge in [-0.15, -0.1) is 16.4 Å². The van der Waals surface area contributed by atoms with Crippen molar-refractivity contribution in [2.45, 2.75) is 26.3 Å². The van der Waals surface area contributed by atoms with Gasteiger partial charge in [-0.1, -0.05) is 53.0 Å². The number of rotatable bonds is 6. The largest absolute Gasteiger partial charge is 0.422 e. The highest BCUT2D eigenvalue weighted by molar-refractivity contribution is 9.10. The van der Waals surface area contributed by atoms with Gasteiger partial charge in [0.25, 0.3) is 0 Å². The lowest BCUT2D eigenvalue weighted by molar-refractivity contribution is 0.560. The number of thiazole rings is 1. The Balaban J connectivity index is 1.77. The van der Waals surface area contributed by atoms with Crippen LogP contribution in [-0.4, -0.2) is 10.8 Å². The van der Waals surface area contributed by atoms with Crippen LogP contribution >= 0.6 is 38.9 Å². The molecule has 0 atom stereocenters. The van der Waals surface area contributed by atoms with Gasteiger partial charge >= 0.3 is 5.63 Å². The van der Waals surface area contributed by atoms with E-state index >= 15 is 0 Å². The summed E-state index contributed by atoms with van der Waals surface area (Å²) in [6.45, 7) is 2.87. The minimum absolute atomic E-state index is 0.367. The first-order valence-corrected chi connectivity index (χ1v) is 11.8. The van der Waals surface area contributed by atoms with E-state index in [2.05, 4.69) is 33.1 Å². The lowest BCUT2D eigenvalue weighted by Crippen LogP contribution is -2.17. The van der Waals surface area contributed by atoms with Crippen LogP contribution < -0.4 is 10.4 Å². The predicted molar refractivity (Wildman–Crippen MR) is 131 cm³/mol. The molecule has 31 heavy (non-hydrogen) atoms. The van der Waals surface area contributed by atoms with Crippen LogP contribution in [0.3, 0.4) is 0 Å². The molecule has 4 aromatic rings. The normalized spacial score (nSPS) is 12.3. The second-order valence-corrected chi connectivity index (χ2v) is 9.12. The molecule has 8 heteroatoms. The van der Waals surface area contributed by atoms with Gasteiger partial charge in [-0.3, -0.25) is 0 Å². The summed E-state index contributed by atoms with van der Waals surface area (Å²) in [6, 6.07) is 14.8. The summed E-state index contributed by atoms with van der Waals surface area (Å²) in [5, 5.41) is 12.1. The van der Waals surface area contributed by atoms with Gasteiger partial charge in [0.05, 0.1) is 17.5 Å². The number of nitrogens with zero attached hydrogens (tertiary/aromatic N) is 3. The van der Waals surface area contributed by atoms with Crippen LogP contribution in [0.15, 0.2) is 77.8 Å². The molecule has 2 aromatic carbocycles. The molecule has 2 aromatic heterocycles. The van der Waals surface area contributed by atoms with E-state index in [1.54, 1.807) is 12.3 Å². The highest BCUT2D eigenvalue weighted by Gasteiger charge is 2.14. The average Bonchev–Trinajstić information content (AvgIpc) is 3.15. The summed E-state index contributed by atoms with van der Waals surface area (Å²) >= 11 is 10.8. The molecule has 0 bridgehead atoms. The molecule has 0 spiro atoms. The van der Waals surface area contributed by atoms with Gasteiger partial charge in [0.2, 0.25) is 4.80 Å². The second-order valence-electron chi connectivity index (χ2n) is 6.93. The molecule has 0 aliphatic heterocycles. The zero-order valence-electron chi connectivity index (χ0n) is 16.7. The smallest absolute Gasteiger partial charge is 0.345 e. The quantitative estimate of drug-likeness (QED) is 0.167. The van der Waals surface area contributed by atoms with Crippen LogP contribution in [0.4, 0.5) is 0 Å². The lowest BCUT2D eigenvalue weighted by atomic mass is 10.1. The van der Waals surface area contributed by atoms with Crippen LogP contribution in [0.25, 0.3) is 22.2 Å². The number of hydrogen-bond acceptors (Lipinski definition) is 5. The summed E-state index contributed by atoms with van der Waals surface area (Å²) in [6.07, 6.45) is 3.67. The van der Waals surface area contributed by atoms with E-state index in [1.165, 1.54) is 11.3 Å². The molecule has 2 heterocycles. The molecule has 0 N–H and O–H groups in total. The Morgan fingerprint density at radius 2 is 2.00 bits per heavy atom. The standard InChI is InChI=1S/C23H19BrClN3O2S/c1-2-3-10-28-20(19-12-16-11-17(24)6-9-21(16)30-22(19)29)14-31-23(28)27-26-13-15-4-7-18(25)8-5-15/h4-9,11-14H,2-3,10H2,1H3/b26-13+,27-23-. The summed E-state index contributed by atoms with van der Waals surface area (Å²) in [7, 11) is 0. The monoisotopic (exact) mass is 515 g/mol. The van der Waals surface area contributed by atoms with Crippen molar-refractivity contribution in [3.8, 4) is 11.3 Å². The lowest BCUT2D eigenvalue weighted by Gasteiger charge is -2.08. The minimum Gasteiger partial charge on any atom is -0.422 e. The van der Waals surface area contributed by atoms with Crippen molar-refractivity contribution in [3.05, 3.63) is 84.2 Å². The van der Waals surface area contributed by atoms with Crippen molar-refractivity contribution in [2.24, 2.45) is 10.2 Å². The molecule has 0 radical (unpaired) electrons. The van der Waals surface area contributed by atoms with E-state index in [9.17, 15) is 4.79 Å². The van der Waals surface area contributed by atoms with Crippen molar-refractivity contribution in [1.29, 1.82) is 0 Å². The van der Waals surface area contributed by atoms with Crippen molar-refractivity contribution in [3.63, 3.8) is 0 Å². The van der Waals surface area contributed by atoms with Crippen LogP contribution in [0.1, 0.15) is 25.3 Å². The van der Waals surface area contributed by atoms with Gasteiger partial charge < -0.3 is 8.98 Å². The van der Waals surface area contributed by atoms with E-state index < -0.39 is 0 Å². The molecule has 5 nitrogen and oxygen atoms in total. The fraction of sp³-hybridized carbons (Fsp3) is 0.174. The van der Waals surface area contributed by atoms with E-state index in [0.717, 1.165) is 45.3 Å². The van der Waals surface area contributed by atoms with Crippen molar-refractivity contribution in [2.75, 3.05) is 0 Å². The summed E-state index contributed by atoms with van der Waals surface area (Å²) in [4.78, 5) is 13.4. The predicted octanol–water partition coefficient (Wildman–Crippen LogP) is 6.47. The van der Waals surface area contributed by atoms with E-state index in [4.69, 9.17) is 16.0 Å². The van der Waals surface area contributed by atoms with Crippen molar-refractivity contribution in [1.82, 2.24) is 4.57 Å². The van der Waals surface area contributed by atoms with Crippen LogP contribution in [0, 0.1) is 0 Å². The average molecular weight is 517 g/mol. The molecule has 4 rings (SSSR count). The number of unbranched alkanes of at least 4 members (excludes halogenated alkanes) is 1. The minimum atomic E-state index is -0.367. The molecule has 0 saturated heterocycles. The van der Waals surface area contributed by atoms with Gasteiger partial charge in [0, 0.05) is 26.8 Å². The third-order valence-corrected chi connectivity index (χ3v) is 6.32. The second kappa shape index (κ2) is 9.77. The number of aromatic nitrogens is 1. The Morgan fingerprint density at radius 1 is 1.19 bits per heavy atom. The van der Waals surface area contributed by atoms with Crippen LogP contribution in [-0.2, 0) is 6.54 Å². The van der Waals surface area contributed by atoms with E-state index in [-0.39, 0.29) is 5.63 Å². The van der Waals surface area contributed by atoms with E-state index in [1.807, 2.05) is 52.4 Å². The Morgan fingerprint density at radius 3 is 2.77 bits per heavy atom. The molecular formula is C23H19BrClN3O2S. The highest BCUT2D eigenvalue weighted by atomic mass is 79.9. The Bertz CT molecular complexity index is 1370. The van der Waals surface area contributed by atoms with Crippen molar-refractivity contribution < 1.29 is 4.42 Å². The number of hydrogen-bond donors (Lipinski definition) is 0. The fourth-order valence-electron chi connectivity index (χ4n) is 3.12. The zero-order chi connectivity index (χ0) is 21.8. The molecule has 158 valence electrons. The number of fused-ring (bicyclic) bond motifs is 1. The van der Waals surface area contributed by atoms with Gasteiger partial charge in [-0.25, -0.2) is 4.79 Å². The van der Waals surface area contributed by atoms with Gasteiger partial charge in [-0.2, -0.15) is 5.10 Å². The molecule has 0 amide bonds. The highest BCUT2D eigenvalue weighted by Crippen LogP contribution is 2.24. The summed E-state index contributed by atoms with van der Waals surface area (Å²) in [5.41, 5.74) is 2.40. The molecule has 0 aliphatic rings. The maximum absolute atomic E-state index is 12.7. The Hall–Kier alpha value is -2.48. The fourth-order valence-corrected chi connectivity index (χ4v) is 4.51. The van der Waals surface area contributed by atoms with Gasteiger partial charge in [0.15, 0.2) is 0 Å². The third kappa shape index (κ3) is 5.06. The molecule has 0 aliphatic carbocycles. The topological polar surface area (TPSA) is 59.9 Å². The summed E-state index contributed by atoms with van der Waals surface area (Å²) in [5.74, 6) is 0. The first-order valence-electron chi connectivity index (χ1n) is 9.80. The zero-order valence-corrected chi connectivity index (χ0v) is 19.9. The number of halogens is 2. The molecule has 0 fully saturated rings. The Labute approximate surface area is 196 Å². The third-order valence-electron chi connectivity index (χ3n) is 4.72. The SMILES string of the molecule is CCCCn1c(-c2cc3cc(Br)ccc3oc2=O)cs/c1=N\N=C\c1ccc(Cl)cc1. The van der Waals surface area contributed by atoms with Crippen LogP contribution in [0.2, 0.25) is 5.02 Å². The maximum Gasteiger partial charge on any atom is 0.345 e. The maximum atomic E-state index is 12.7. The van der Waals surface area contributed by atoms with Gasteiger partial charge in [-0.05, 0) is 48.4 Å². The molecule has 0 saturated carbocycles. The number of benzene rings is 2. The van der Waals surface area contributed by atoms with Gasteiger partial charge in [0.1, 0.15) is 5.58 Å². The first kappa shape index (κ1) is 21.7.